The molecule has 1 atom stereocenters. The molecule has 0 bridgehead atoms. The number of carbonyl (C=O) groups excluding carboxylic acids is 1. The van der Waals surface area contributed by atoms with Crippen LogP contribution in [0.3, 0.4) is 0 Å². The normalized spacial score (nSPS) is 27.7. The number of likely N-dealkylation sites (N-methyl/N-ethyl adjacent to an activating group) is 1. The zero-order valence-corrected chi connectivity index (χ0v) is 13.5. The minimum Gasteiger partial charge on any atom is -0.375 e. The van der Waals surface area contributed by atoms with Crippen LogP contribution in [0.4, 0.5) is 0 Å². The summed E-state index contributed by atoms with van der Waals surface area (Å²) in [6.45, 7) is 4.83. The average molecular weight is 285 g/mol. The summed E-state index contributed by atoms with van der Waals surface area (Å²) in [5, 5.41) is 0. The van der Waals surface area contributed by atoms with Gasteiger partial charge in [-0.1, -0.05) is 0 Å². The first-order valence-electron chi connectivity index (χ1n) is 7.31. The summed E-state index contributed by atoms with van der Waals surface area (Å²) in [5.41, 5.74) is -0.362. The molecule has 110 valence electrons. The minimum atomic E-state index is -0.368. The Balaban J connectivity index is 2.07. The topological polar surface area (TPSA) is 29.5 Å². The molecule has 2 heterocycles. The van der Waals surface area contributed by atoms with Crippen molar-refractivity contribution in [2.24, 2.45) is 5.92 Å². The molecule has 2 aliphatic rings. The van der Waals surface area contributed by atoms with Crippen molar-refractivity contribution in [3.8, 4) is 0 Å². The van der Waals surface area contributed by atoms with E-state index < -0.39 is 0 Å². The molecule has 3 nitrogen and oxygen atoms in total. The van der Waals surface area contributed by atoms with Crippen molar-refractivity contribution in [1.82, 2.24) is 4.90 Å². The first-order chi connectivity index (χ1) is 8.87. The van der Waals surface area contributed by atoms with Crippen LogP contribution in [0.15, 0.2) is 0 Å². The maximum Gasteiger partial charge on any atom is 0.155 e. The molecule has 0 aromatic heterocycles. The van der Waals surface area contributed by atoms with E-state index >= 15 is 0 Å². The van der Waals surface area contributed by atoms with Crippen molar-refractivity contribution in [3.63, 3.8) is 0 Å². The van der Waals surface area contributed by atoms with Crippen LogP contribution < -0.4 is 0 Å². The molecule has 1 spiro atoms. The zero-order chi connectivity index (χ0) is 14.1. The van der Waals surface area contributed by atoms with E-state index in [1.54, 1.807) is 0 Å². The molecule has 19 heavy (non-hydrogen) atoms. The largest absolute Gasteiger partial charge is 0.375 e. The van der Waals surface area contributed by atoms with Gasteiger partial charge in [-0.05, 0) is 65.1 Å². The van der Waals surface area contributed by atoms with Gasteiger partial charge < -0.3 is 4.74 Å². The zero-order valence-electron chi connectivity index (χ0n) is 12.7. The molecule has 0 N–H and O–H groups in total. The molecular weight excluding hydrogens is 258 g/mol. The number of Topliss-reactive ketones (excluding diaryl/α,β-unsaturated/α-hetero) is 1. The SMILES string of the molecule is CN(C)C(C)(C)C(=O)C1CCOC2(CCSCC2)C1. The fourth-order valence-electron chi connectivity index (χ4n) is 3.06. The standard InChI is InChI=1S/C15H27NO2S/c1-14(2,16(3)4)13(17)12-5-8-18-15(11-12)6-9-19-10-7-15/h12H,5-11H2,1-4H3. The molecule has 1 unspecified atom stereocenters. The van der Waals surface area contributed by atoms with Crippen molar-refractivity contribution in [3.05, 3.63) is 0 Å². The van der Waals surface area contributed by atoms with Gasteiger partial charge in [0.05, 0.1) is 11.1 Å². The molecule has 0 aromatic carbocycles. The molecule has 2 fully saturated rings. The Morgan fingerprint density at radius 3 is 2.53 bits per heavy atom. The van der Waals surface area contributed by atoms with Gasteiger partial charge in [-0.3, -0.25) is 9.69 Å². The quantitative estimate of drug-likeness (QED) is 0.797. The molecule has 2 rings (SSSR count). The third kappa shape index (κ3) is 3.17. The van der Waals surface area contributed by atoms with E-state index in [-0.39, 0.29) is 17.1 Å². The lowest BCUT2D eigenvalue weighted by molar-refractivity contribution is -0.146. The maximum absolute atomic E-state index is 12.8. The van der Waals surface area contributed by atoms with Gasteiger partial charge in [0, 0.05) is 12.5 Å². The highest BCUT2D eigenvalue weighted by Crippen LogP contribution is 2.41. The van der Waals surface area contributed by atoms with Crippen LogP contribution in [0, 0.1) is 5.92 Å². The highest BCUT2D eigenvalue weighted by atomic mass is 32.2. The first kappa shape index (κ1) is 15.3. The predicted molar refractivity (Wildman–Crippen MR) is 80.7 cm³/mol. The van der Waals surface area contributed by atoms with Gasteiger partial charge in [0.15, 0.2) is 5.78 Å². The van der Waals surface area contributed by atoms with E-state index in [4.69, 9.17) is 4.74 Å². The second kappa shape index (κ2) is 5.74. The lowest BCUT2D eigenvalue weighted by atomic mass is 9.76. The van der Waals surface area contributed by atoms with E-state index in [9.17, 15) is 4.79 Å². The Morgan fingerprint density at radius 2 is 1.95 bits per heavy atom. The highest BCUT2D eigenvalue weighted by Gasteiger charge is 2.44. The number of carbonyl (C=O) groups is 1. The van der Waals surface area contributed by atoms with Crippen LogP contribution in [0.1, 0.15) is 39.5 Å². The number of nitrogens with zero attached hydrogens (tertiary/aromatic N) is 1. The van der Waals surface area contributed by atoms with Gasteiger partial charge in [-0.25, -0.2) is 0 Å². The molecule has 2 aliphatic heterocycles. The van der Waals surface area contributed by atoms with Gasteiger partial charge >= 0.3 is 0 Å². The van der Waals surface area contributed by atoms with Gasteiger partial charge in [-0.15, -0.1) is 0 Å². The summed E-state index contributed by atoms with van der Waals surface area (Å²) < 4.78 is 6.08. The Bertz CT molecular complexity index is 330. The Morgan fingerprint density at radius 1 is 1.32 bits per heavy atom. The monoisotopic (exact) mass is 285 g/mol. The molecule has 2 saturated heterocycles. The molecule has 0 aromatic rings. The summed E-state index contributed by atoms with van der Waals surface area (Å²) in [6.07, 6.45) is 4.06. The van der Waals surface area contributed by atoms with Gasteiger partial charge in [0.25, 0.3) is 0 Å². The van der Waals surface area contributed by atoms with Crippen molar-refractivity contribution in [1.29, 1.82) is 0 Å². The Hall–Kier alpha value is -0.0600. The molecule has 4 heteroatoms. The first-order valence-corrected chi connectivity index (χ1v) is 8.46. The third-order valence-electron chi connectivity index (χ3n) is 4.99. The smallest absolute Gasteiger partial charge is 0.155 e. The lowest BCUT2D eigenvalue weighted by Gasteiger charge is -2.45. The number of ether oxygens (including phenoxy) is 1. The Labute approximate surface area is 121 Å². The van der Waals surface area contributed by atoms with E-state index in [1.807, 2.05) is 44.6 Å². The summed E-state index contributed by atoms with van der Waals surface area (Å²) in [5.74, 6) is 2.92. The van der Waals surface area contributed by atoms with Crippen molar-refractivity contribution >= 4 is 17.5 Å². The number of hydrogen-bond donors (Lipinski definition) is 0. The highest BCUT2D eigenvalue weighted by molar-refractivity contribution is 7.99. The average Bonchev–Trinajstić information content (AvgIpc) is 2.38. The minimum absolute atomic E-state index is 0.00617. The number of hydrogen-bond acceptors (Lipinski definition) is 4. The van der Waals surface area contributed by atoms with Gasteiger partial charge in [-0.2, -0.15) is 11.8 Å². The van der Waals surface area contributed by atoms with Crippen molar-refractivity contribution in [2.45, 2.75) is 50.7 Å². The van der Waals surface area contributed by atoms with Crippen LogP contribution in [0.5, 0.6) is 0 Å². The Kier molecular flexibility index (Phi) is 4.63. The lowest BCUT2D eigenvalue weighted by Crippen LogP contribution is -2.52. The van der Waals surface area contributed by atoms with Crippen LogP contribution in [0.25, 0.3) is 0 Å². The fourth-order valence-corrected chi connectivity index (χ4v) is 4.30. The van der Waals surface area contributed by atoms with Crippen LogP contribution in [-0.2, 0) is 9.53 Å². The number of thioether (sulfide) groups is 1. The molecule has 0 amide bonds. The third-order valence-corrected chi connectivity index (χ3v) is 5.97. The number of rotatable bonds is 3. The van der Waals surface area contributed by atoms with Gasteiger partial charge in [0.2, 0.25) is 0 Å². The van der Waals surface area contributed by atoms with Crippen molar-refractivity contribution in [2.75, 3.05) is 32.2 Å². The summed E-state index contributed by atoms with van der Waals surface area (Å²) in [7, 11) is 3.98. The predicted octanol–water partition coefficient (Wildman–Crippen LogP) is 2.59. The second-order valence-corrected chi connectivity index (χ2v) is 7.88. The molecule has 0 radical (unpaired) electrons. The summed E-state index contributed by atoms with van der Waals surface area (Å²) in [4.78, 5) is 14.8. The second-order valence-electron chi connectivity index (χ2n) is 6.65. The van der Waals surface area contributed by atoms with E-state index in [0.717, 1.165) is 32.3 Å². The number of ketones is 1. The summed E-state index contributed by atoms with van der Waals surface area (Å²) in [6, 6.07) is 0. The van der Waals surface area contributed by atoms with Crippen molar-refractivity contribution < 1.29 is 9.53 Å². The van der Waals surface area contributed by atoms with E-state index in [2.05, 4.69) is 0 Å². The molecular formula is C15H27NO2S. The van der Waals surface area contributed by atoms with E-state index in [0.29, 0.717) is 5.78 Å². The van der Waals surface area contributed by atoms with Crippen LogP contribution in [0.2, 0.25) is 0 Å². The fraction of sp³-hybridized carbons (Fsp3) is 0.933. The maximum atomic E-state index is 12.8. The van der Waals surface area contributed by atoms with Crippen LogP contribution >= 0.6 is 11.8 Å². The molecule has 0 aliphatic carbocycles. The molecule has 0 saturated carbocycles. The van der Waals surface area contributed by atoms with Crippen LogP contribution in [-0.4, -0.2) is 54.0 Å². The van der Waals surface area contributed by atoms with E-state index in [1.165, 1.54) is 11.5 Å². The summed E-state index contributed by atoms with van der Waals surface area (Å²) >= 11 is 2.01. The van der Waals surface area contributed by atoms with Gasteiger partial charge in [0.1, 0.15) is 0 Å².